The Labute approximate surface area is 233 Å². The van der Waals surface area contributed by atoms with Crippen LogP contribution in [-0.2, 0) is 26.0 Å². The van der Waals surface area contributed by atoms with Crippen molar-refractivity contribution in [3.8, 4) is 0 Å². The molecule has 3 fully saturated rings. The quantitative estimate of drug-likeness (QED) is 0.465. The highest BCUT2D eigenvalue weighted by Crippen LogP contribution is 2.33. The van der Waals surface area contributed by atoms with Gasteiger partial charge in [0.05, 0.1) is 10.1 Å². The van der Waals surface area contributed by atoms with Crippen LogP contribution in [0.5, 0.6) is 0 Å². The van der Waals surface area contributed by atoms with E-state index >= 15 is 0 Å². The van der Waals surface area contributed by atoms with Crippen LogP contribution in [0.4, 0.5) is 18.3 Å². The molecule has 0 unspecified atom stereocenters. The third-order valence-electron chi connectivity index (χ3n) is 7.01. The number of halogens is 3. The monoisotopic (exact) mass is 598 g/mol. The van der Waals surface area contributed by atoms with E-state index in [2.05, 4.69) is 15.4 Å². The highest BCUT2D eigenvalue weighted by molar-refractivity contribution is 7.92. The molecule has 1 N–H and O–H groups in total. The van der Waals surface area contributed by atoms with Crippen LogP contribution in [0.1, 0.15) is 36.1 Å². The number of amides is 2. The first kappa shape index (κ1) is 28.5. The van der Waals surface area contributed by atoms with Gasteiger partial charge in [-0.25, -0.2) is 13.4 Å². The average Bonchev–Trinajstić information content (AvgIpc) is 3.51. The minimum absolute atomic E-state index is 0.0161. The molecule has 15 heteroatoms. The standard InChI is InChI=1S/C25H29F3N6O4S2/c26-25(27,28)23(36)33-13-11-32(12-14-33)16-18-15-29-24(39-18)30-22(35)21(31-34-9-1-2-10-34)17-3-5-19(6-4-17)40(37,38)20-7-8-20/h3-6,15,20H,1-2,7-14,16H2,(H,29,30,35)/b31-21+. The molecule has 0 spiro atoms. The summed E-state index contributed by atoms with van der Waals surface area (Å²) in [6, 6.07) is 6.22. The Morgan fingerprint density at radius 1 is 1.02 bits per heavy atom. The van der Waals surface area contributed by atoms with Crippen molar-refractivity contribution in [2.24, 2.45) is 5.10 Å². The van der Waals surface area contributed by atoms with Crippen molar-refractivity contribution in [1.82, 2.24) is 19.8 Å². The number of hydrazone groups is 1. The van der Waals surface area contributed by atoms with E-state index in [0.29, 0.717) is 56.3 Å². The maximum atomic E-state index is 13.3. The minimum Gasteiger partial charge on any atom is -0.332 e. The largest absolute Gasteiger partial charge is 0.471 e. The number of sulfone groups is 1. The molecule has 2 amide bonds. The van der Waals surface area contributed by atoms with Crippen molar-refractivity contribution in [1.29, 1.82) is 0 Å². The summed E-state index contributed by atoms with van der Waals surface area (Å²) in [4.78, 5) is 32.8. The Bertz CT molecular complexity index is 1380. The lowest BCUT2D eigenvalue weighted by molar-refractivity contribution is -0.187. The smallest absolute Gasteiger partial charge is 0.332 e. The Kier molecular flexibility index (Phi) is 8.15. The summed E-state index contributed by atoms with van der Waals surface area (Å²) in [7, 11) is -3.36. The van der Waals surface area contributed by atoms with Crippen molar-refractivity contribution < 1.29 is 31.2 Å². The zero-order chi connectivity index (χ0) is 28.5. The van der Waals surface area contributed by atoms with Crippen LogP contribution in [0, 0.1) is 0 Å². The lowest BCUT2D eigenvalue weighted by atomic mass is 10.1. The average molecular weight is 599 g/mol. The second kappa shape index (κ2) is 11.4. The Morgan fingerprint density at radius 3 is 2.27 bits per heavy atom. The molecule has 1 aromatic heterocycles. The molecule has 10 nitrogen and oxygen atoms in total. The third-order valence-corrected chi connectivity index (χ3v) is 10.2. The highest BCUT2D eigenvalue weighted by atomic mass is 32.2. The fourth-order valence-corrected chi connectivity index (χ4v) is 7.16. The summed E-state index contributed by atoms with van der Waals surface area (Å²) in [5.74, 6) is -2.30. The predicted octanol–water partition coefficient (Wildman–Crippen LogP) is 2.72. The van der Waals surface area contributed by atoms with Gasteiger partial charge in [-0.05, 0) is 37.8 Å². The molecule has 5 rings (SSSR count). The molecule has 2 aliphatic heterocycles. The van der Waals surface area contributed by atoms with Crippen LogP contribution < -0.4 is 5.32 Å². The van der Waals surface area contributed by atoms with Gasteiger partial charge in [0, 0.05) is 62.5 Å². The molecule has 1 aliphatic carbocycles. The van der Waals surface area contributed by atoms with E-state index in [0.717, 1.165) is 22.6 Å². The van der Waals surface area contributed by atoms with Gasteiger partial charge in [0.1, 0.15) is 0 Å². The SMILES string of the molecule is O=C(Nc1ncc(CN2CCN(C(=O)C(F)(F)F)CC2)s1)/C(=N/N1CCCC1)c1ccc(S(=O)(=O)C2CC2)cc1. The van der Waals surface area contributed by atoms with Gasteiger partial charge in [-0.2, -0.15) is 18.3 Å². The number of hydrogen-bond acceptors (Lipinski definition) is 9. The highest BCUT2D eigenvalue weighted by Gasteiger charge is 2.43. The van der Waals surface area contributed by atoms with E-state index in [1.54, 1.807) is 18.3 Å². The van der Waals surface area contributed by atoms with Gasteiger partial charge in [0.25, 0.3) is 5.91 Å². The van der Waals surface area contributed by atoms with Crippen LogP contribution in [0.3, 0.4) is 0 Å². The van der Waals surface area contributed by atoms with Crippen molar-refractivity contribution in [3.63, 3.8) is 0 Å². The normalized spacial score (nSPS) is 19.2. The Hall–Kier alpha value is -3.04. The van der Waals surface area contributed by atoms with Crippen LogP contribution in [0.2, 0.25) is 0 Å². The van der Waals surface area contributed by atoms with Crippen molar-refractivity contribution >= 4 is 43.8 Å². The summed E-state index contributed by atoms with van der Waals surface area (Å²) < 4.78 is 63.2. The number of carbonyl (C=O) groups is 2. The number of rotatable bonds is 8. The molecule has 3 heterocycles. The number of anilines is 1. The number of nitrogens with one attached hydrogen (secondary N) is 1. The molecule has 0 atom stereocenters. The first-order valence-electron chi connectivity index (χ1n) is 13.0. The number of aromatic nitrogens is 1. The van der Waals surface area contributed by atoms with Crippen molar-refractivity contribution in [2.45, 2.75) is 48.5 Å². The topological polar surface area (TPSA) is 115 Å². The first-order chi connectivity index (χ1) is 19.0. The Morgan fingerprint density at radius 2 is 1.68 bits per heavy atom. The van der Waals surface area contributed by atoms with Gasteiger partial charge in [-0.3, -0.25) is 24.8 Å². The summed E-state index contributed by atoms with van der Waals surface area (Å²) in [6.07, 6.45) is -0.0186. The summed E-state index contributed by atoms with van der Waals surface area (Å²) >= 11 is 1.24. The fraction of sp³-hybridized carbons (Fsp3) is 0.520. The number of alkyl halides is 3. The van der Waals surface area contributed by atoms with E-state index in [4.69, 9.17) is 0 Å². The van der Waals surface area contributed by atoms with Crippen LogP contribution in [0.25, 0.3) is 0 Å². The van der Waals surface area contributed by atoms with Gasteiger partial charge in [0.15, 0.2) is 20.7 Å². The zero-order valence-electron chi connectivity index (χ0n) is 21.6. The van der Waals surface area contributed by atoms with Crippen LogP contribution in [-0.4, -0.2) is 96.4 Å². The molecule has 2 saturated heterocycles. The maximum absolute atomic E-state index is 13.3. The van der Waals surface area contributed by atoms with E-state index in [9.17, 15) is 31.2 Å². The molecule has 1 aromatic carbocycles. The number of nitrogens with zero attached hydrogens (tertiary/aromatic N) is 5. The molecule has 216 valence electrons. The lowest BCUT2D eigenvalue weighted by Crippen LogP contribution is -2.51. The van der Waals surface area contributed by atoms with Gasteiger partial charge in [0.2, 0.25) is 0 Å². The number of benzene rings is 1. The number of carbonyl (C=O) groups excluding carboxylic acids is 2. The molecular weight excluding hydrogens is 569 g/mol. The molecule has 40 heavy (non-hydrogen) atoms. The molecule has 2 aromatic rings. The zero-order valence-corrected chi connectivity index (χ0v) is 23.2. The summed E-state index contributed by atoms with van der Waals surface area (Å²) in [6.45, 7) is 2.41. The summed E-state index contributed by atoms with van der Waals surface area (Å²) in [5, 5.41) is 9.18. The van der Waals surface area contributed by atoms with Crippen LogP contribution in [0.15, 0.2) is 40.5 Å². The second-order valence-corrected chi connectivity index (χ2v) is 13.4. The van der Waals surface area contributed by atoms with E-state index in [1.807, 2.05) is 9.91 Å². The van der Waals surface area contributed by atoms with Crippen molar-refractivity contribution in [2.75, 3.05) is 44.6 Å². The number of piperazine rings is 1. The lowest BCUT2D eigenvalue weighted by Gasteiger charge is -2.34. The predicted molar refractivity (Wildman–Crippen MR) is 143 cm³/mol. The van der Waals surface area contributed by atoms with Crippen LogP contribution >= 0.6 is 11.3 Å². The van der Waals surface area contributed by atoms with Gasteiger partial charge in [-0.15, -0.1) is 11.3 Å². The van der Waals surface area contributed by atoms with E-state index in [1.165, 1.54) is 23.5 Å². The fourth-order valence-electron chi connectivity index (χ4n) is 4.65. The number of thiazole rings is 1. The Balaban J connectivity index is 1.23. The maximum Gasteiger partial charge on any atom is 0.471 e. The molecular formula is C25H29F3N6O4S2. The first-order valence-corrected chi connectivity index (χ1v) is 15.4. The van der Waals surface area contributed by atoms with Gasteiger partial charge < -0.3 is 4.90 Å². The van der Waals surface area contributed by atoms with E-state index in [-0.39, 0.29) is 28.9 Å². The molecule has 0 radical (unpaired) electrons. The minimum atomic E-state index is -4.87. The summed E-state index contributed by atoms with van der Waals surface area (Å²) in [5.41, 5.74) is 0.640. The van der Waals surface area contributed by atoms with E-state index < -0.39 is 27.8 Å². The molecule has 1 saturated carbocycles. The number of hydrogen-bond donors (Lipinski definition) is 1. The molecule has 3 aliphatic rings. The van der Waals surface area contributed by atoms with Crippen molar-refractivity contribution in [3.05, 3.63) is 40.9 Å². The third kappa shape index (κ3) is 6.63. The second-order valence-electron chi connectivity index (χ2n) is 10.0. The van der Waals surface area contributed by atoms with Gasteiger partial charge in [-0.1, -0.05) is 12.1 Å². The molecule has 0 bridgehead atoms. The van der Waals surface area contributed by atoms with Gasteiger partial charge >= 0.3 is 12.1 Å².